The lowest BCUT2D eigenvalue weighted by Crippen LogP contribution is -2.39. The summed E-state index contributed by atoms with van der Waals surface area (Å²) in [5, 5.41) is 7.34. The highest BCUT2D eigenvalue weighted by Crippen LogP contribution is 2.25. The zero-order valence-corrected chi connectivity index (χ0v) is 15.1. The van der Waals surface area contributed by atoms with Crippen LogP contribution in [0, 0.1) is 0 Å². The molecule has 2 aliphatic rings. The molecule has 136 valence electrons. The molecule has 1 aromatic heterocycles. The molecular formula is C20H24N4O2. The van der Waals surface area contributed by atoms with Gasteiger partial charge in [0.1, 0.15) is 0 Å². The second-order valence-electron chi connectivity index (χ2n) is 7.09. The van der Waals surface area contributed by atoms with E-state index in [0.29, 0.717) is 38.3 Å². The Balaban J connectivity index is 1.54. The Bertz CT molecular complexity index is 842. The Kier molecular flexibility index (Phi) is 4.49. The van der Waals surface area contributed by atoms with Crippen molar-refractivity contribution >= 4 is 11.8 Å². The molecule has 0 radical (unpaired) electrons. The van der Waals surface area contributed by atoms with E-state index in [-0.39, 0.29) is 11.8 Å². The zero-order chi connectivity index (χ0) is 18.1. The molecule has 0 atom stereocenters. The molecule has 6 nitrogen and oxygen atoms in total. The third kappa shape index (κ3) is 3.00. The first-order valence-corrected chi connectivity index (χ1v) is 9.37. The fourth-order valence-corrected chi connectivity index (χ4v) is 3.88. The molecular weight excluding hydrogens is 328 g/mol. The molecule has 2 amide bonds. The molecule has 0 bridgehead atoms. The maximum atomic E-state index is 13.1. The largest absolute Gasteiger partial charge is 0.338 e. The summed E-state index contributed by atoms with van der Waals surface area (Å²) in [6.07, 6.45) is 3.00. The van der Waals surface area contributed by atoms with Crippen LogP contribution in [0.3, 0.4) is 0 Å². The van der Waals surface area contributed by atoms with E-state index in [1.54, 1.807) is 0 Å². The lowest BCUT2D eigenvalue weighted by Gasteiger charge is -2.30. The average Bonchev–Trinajstić information content (AvgIpc) is 3.10. The van der Waals surface area contributed by atoms with Crippen LogP contribution in [0.1, 0.15) is 52.6 Å². The highest BCUT2D eigenvalue weighted by atomic mass is 16.2. The van der Waals surface area contributed by atoms with Gasteiger partial charge >= 0.3 is 0 Å². The van der Waals surface area contributed by atoms with Crippen LogP contribution in [-0.2, 0) is 30.7 Å². The summed E-state index contributed by atoms with van der Waals surface area (Å²) in [4.78, 5) is 29.1. The van der Waals surface area contributed by atoms with E-state index in [1.807, 2.05) is 28.9 Å². The normalized spacial score (nSPS) is 16.2. The van der Waals surface area contributed by atoms with E-state index in [4.69, 9.17) is 0 Å². The van der Waals surface area contributed by atoms with Crippen LogP contribution < -0.4 is 0 Å². The number of hydrogen-bond acceptors (Lipinski definition) is 3. The van der Waals surface area contributed by atoms with Crippen molar-refractivity contribution in [3.8, 4) is 0 Å². The molecule has 2 aliphatic heterocycles. The number of nitrogens with zero attached hydrogens (tertiary/aromatic N) is 3. The maximum absolute atomic E-state index is 13.1. The molecule has 1 aromatic carbocycles. The van der Waals surface area contributed by atoms with Gasteiger partial charge < -0.3 is 9.80 Å². The monoisotopic (exact) mass is 352 g/mol. The molecule has 2 aromatic rings. The van der Waals surface area contributed by atoms with Crippen molar-refractivity contribution in [2.75, 3.05) is 13.1 Å². The van der Waals surface area contributed by atoms with Crippen LogP contribution in [0.2, 0.25) is 0 Å². The van der Waals surface area contributed by atoms with E-state index in [0.717, 1.165) is 30.5 Å². The lowest BCUT2D eigenvalue weighted by molar-refractivity contribution is -0.132. The number of carbonyl (C=O) groups is 2. The van der Waals surface area contributed by atoms with Crippen LogP contribution in [0.15, 0.2) is 24.3 Å². The number of fused-ring (bicyclic) bond motifs is 2. The van der Waals surface area contributed by atoms with Gasteiger partial charge in [-0.3, -0.25) is 14.7 Å². The van der Waals surface area contributed by atoms with Gasteiger partial charge in [-0.2, -0.15) is 5.10 Å². The summed E-state index contributed by atoms with van der Waals surface area (Å²) in [5.74, 6) is 0.117. The second kappa shape index (κ2) is 6.94. The zero-order valence-electron chi connectivity index (χ0n) is 15.1. The molecule has 0 spiro atoms. The third-order valence-corrected chi connectivity index (χ3v) is 5.37. The summed E-state index contributed by atoms with van der Waals surface area (Å²) in [6, 6.07) is 8.27. The van der Waals surface area contributed by atoms with E-state index in [2.05, 4.69) is 22.3 Å². The van der Waals surface area contributed by atoms with Gasteiger partial charge in [-0.1, -0.05) is 31.2 Å². The number of amides is 2. The van der Waals surface area contributed by atoms with E-state index in [9.17, 15) is 9.59 Å². The van der Waals surface area contributed by atoms with Crippen LogP contribution in [0.4, 0.5) is 0 Å². The smallest absolute Gasteiger partial charge is 0.275 e. The fourth-order valence-electron chi connectivity index (χ4n) is 3.88. The van der Waals surface area contributed by atoms with Gasteiger partial charge in [-0.05, 0) is 24.0 Å². The molecule has 4 rings (SSSR count). The first-order chi connectivity index (χ1) is 12.7. The van der Waals surface area contributed by atoms with Gasteiger partial charge in [0.05, 0.1) is 0 Å². The highest BCUT2D eigenvalue weighted by molar-refractivity contribution is 5.94. The number of nitrogens with one attached hydrogen (secondary N) is 1. The summed E-state index contributed by atoms with van der Waals surface area (Å²) in [6.45, 7) is 4.51. The van der Waals surface area contributed by atoms with Crippen LogP contribution in [0.25, 0.3) is 0 Å². The van der Waals surface area contributed by atoms with Gasteiger partial charge in [-0.25, -0.2) is 0 Å². The number of carbonyl (C=O) groups excluding carboxylic acids is 2. The van der Waals surface area contributed by atoms with E-state index < -0.39 is 0 Å². The molecule has 6 heteroatoms. The van der Waals surface area contributed by atoms with E-state index >= 15 is 0 Å². The Morgan fingerprint density at radius 2 is 1.85 bits per heavy atom. The minimum absolute atomic E-state index is 0.0400. The molecule has 3 heterocycles. The SMILES string of the molecule is CCCC(=O)N1CCc2[nH]nc(C(=O)N3CCc4ccccc4C3)c2C1. The number of hydrogen-bond donors (Lipinski definition) is 1. The van der Waals surface area contributed by atoms with Gasteiger partial charge in [0.2, 0.25) is 5.91 Å². The molecule has 0 unspecified atom stereocenters. The van der Waals surface area contributed by atoms with Crippen molar-refractivity contribution in [1.82, 2.24) is 20.0 Å². The molecule has 26 heavy (non-hydrogen) atoms. The first kappa shape index (κ1) is 16.8. The number of aromatic nitrogens is 2. The van der Waals surface area contributed by atoms with Crippen molar-refractivity contribution in [2.45, 2.75) is 45.7 Å². The topological polar surface area (TPSA) is 69.3 Å². The van der Waals surface area contributed by atoms with Crippen LogP contribution in [0.5, 0.6) is 0 Å². The summed E-state index contributed by atoms with van der Waals surface area (Å²) < 4.78 is 0. The fraction of sp³-hybridized carbons (Fsp3) is 0.450. The van der Waals surface area contributed by atoms with Crippen LogP contribution >= 0.6 is 0 Å². The standard InChI is InChI=1S/C20H24N4O2/c1-2-5-18(25)23-11-9-17-16(13-23)19(22-21-17)20(26)24-10-8-14-6-3-4-7-15(14)12-24/h3-4,6-7H,2,5,8-13H2,1H3,(H,21,22). The molecule has 0 fully saturated rings. The molecule has 0 saturated heterocycles. The Labute approximate surface area is 153 Å². The Hall–Kier alpha value is -2.63. The van der Waals surface area contributed by atoms with Gasteiger partial charge in [0.25, 0.3) is 5.91 Å². The summed E-state index contributed by atoms with van der Waals surface area (Å²) in [7, 11) is 0. The minimum atomic E-state index is -0.0400. The Morgan fingerprint density at radius 3 is 2.65 bits per heavy atom. The van der Waals surface area contributed by atoms with Crippen molar-refractivity contribution < 1.29 is 9.59 Å². The van der Waals surface area contributed by atoms with Crippen molar-refractivity contribution in [2.24, 2.45) is 0 Å². The second-order valence-corrected chi connectivity index (χ2v) is 7.09. The third-order valence-electron chi connectivity index (χ3n) is 5.37. The van der Waals surface area contributed by atoms with Gasteiger partial charge in [-0.15, -0.1) is 0 Å². The Morgan fingerprint density at radius 1 is 1.08 bits per heavy atom. The van der Waals surface area contributed by atoms with Gasteiger partial charge in [0.15, 0.2) is 5.69 Å². The summed E-state index contributed by atoms with van der Waals surface area (Å²) >= 11 is 0. The highest BCUT2D eigenvalue weighted by Gasteiger charge is 2.30. The molecule has 0 aliphatic carbocycles. The van der Waals surface area contributed by atoms with Crippen molar-refractivity contribution in [3.63, 3.8) is 0 Å². The average molecular weight is 352 g/mol. The van der Waals surface area contributed by atoms with Crippen LogP contribution in [-0.4, -0.2) is 44.9 Å². The quantitative estimate of drug-likeness (QED) is 0.921. The predicted octanol–water partition coefficient (Wildman–Crippen LogP) is 2.29. The number of aromatic amines is 1. The number of benzene rings is 1. The van der Waals surface area contributed by atoms with E-state index in [1.165, 1.54) is 11.1 Å². The summed E-state index contributed by atoms with van der Waals surface area (Å²) in [5.41, 5.74) is 4.89. The molecule has 0 saturated carbocycles. The predicted molar refractivity (Wildman–Crippen MR) is 97.5 cm³/mol. The first-order valence-electron chi connectivity index (χ1n) is 9.37. The minimum Gasteiger partial charge on any atom is -0.338 e. The van der Waals surface area contributed by atoms with Gasteiger partial charge in [0, 0.05) is 50.3 Å². The molecule has 1 N–H and O–H groups in total. The van der Waals surface area contributed by atoms with Crippen molar-refractivity contribution in [3.05, 3.63) is 52.3 Å². The number of H-pyrrole nitrogens is 1. The van der Waals surface area contributed by atoms with Crippen molar-refractivity contribution in [1.29, 1.82) is 0 Å². The number of rotatable bonds is 3. The maximum Gasteiger partial charge on any atom is 0.275 e. The lowest BCUT2D eigenvalue weighted by atomic mass is 9.99.